The first-order chi connectivity index (χ1) is 14.0. The number of hydrogen-bond acceptors (Lipinski definition) is 4. The molecule has 1 aromatic rings. The standard InChI is InChI=1S/C22H40N6O/c1-4-23-20(24-17-21(2,29)19-15-26-27(3)16-19)25-18-22(11-7-5-8-12-22)28-13-9-6-10-14-28/h15-16,29H,4-14,17-18H2,1-3H3,(H2,23,24,25). The van der Waals surface area contributed by atoms with Crippen LogP contribution < -0.4 is 10.6 Å². The third-order valence-corrected chi connectivity index (χ3v) is 6.61. The van der Waals surface area contributed by atoms with Crippen molar-refractivity contribution in [2.75, 3.05) is 32.7 Å². The molecule has 1 aliphatic carbocycles. The Morgan fingerprint density at radius 2 is 1.86 bits per heavy atom. The third-order valence-electron chi connectivity index (χ3n) is 6.61. The van der Waals surface area contributed by atoms with Gasteiger partial charge in [-0.3, -0.25) is 9.58 Å². The Bertz CT molecular complexity index is 656. The Labute approximate surface area is 176 Å². The number of likely N-dealkylation sites (tertiary alicyclic amines) is 1. The quantitative estimate of drug-likeness (QED) is 0.480. The number of aliphatic hydroxyl groups is 1. The molecule has 1 saturated heterocycles. The summed E-state index contributed by atoms with van der Waals surface area (Å²) in [5.41, 5.74) is 0.00360. The molecule has 29 heavy (non-hydrogen) atoms. The summed E-state index contributed by atoms with van der Waals surface area (Å²) in [7, 11) is 1.86. The van der Waals surface area contributed by atoms with E-state index in [1.54, 1.807) is 17.8 Å². The van der Waals surface area contributed by atoms with Crippen molar-refractivity contribution >= 4 is 5.96 Å². The highest BCUT2D eigenvalue weighted by Gasteiger charge is 2.38. The number of hydrogen-bond donors (Lipinski definition) is 3. The number of aliphatic imine (C=N–C) groups is 1. The van der Waals surface area contributed by atoms with E-state index >= 15 is 0 Å². The van der Waals surface area contributed by atoms with Crippen molar-refractivity contribution in [1.29, 1.82) is 0 Å². The fraction of sp³-hybridized carbons (Fsp3) is 0.818. The van der Waals surface area contributed by atoms with Crippen molar-refractivity contribution in [2.24, 2.45) is 12.0 Å². The molecule has 1 saturated carbocycles. The number of nitrogens with one attached hydrogen (secondary N) is 2. The van der Waals surface area contributed by atoms with E-state index in [0.29, 0.717) is 6.54 Å². The van der Waals surface area contributed by atoms with Crippen LogP contribution in [-0.2, 0) is 12.6 Å². The van der Waals surface area contributed by atoms with Gasteiger partial charge in [0.25, 0.3) is 0 Å². The average Bonchev–Trinajstić information content (AvgIpc) is 3.19. The van der Waals surface area contributed by atoms with Gasteiger partial charge >= 0.3 is 0 Å². The number of nitrogens with zero attached hydrogens (tertiary/aromatic N) is 4. The van der Waals surface area contributed by atoms with Crippen LogP contribution in [0.2, 0.25) is 0 Å². The minimum atomic E-state index is -1.04. The molecule has 0 radical (unpaired) electrons. The van der Waals surface area contributed by atoms with Crippen molar-refractivity contribution in [3.63, 3.8) is 0 Å². The maximum atomic E-state index is 10.9. The molecule has 164 valence electrons. The summed E-state index contributed by atoms with van der Waals surface area (Å²) in [6.07, 6.45) is 14.1. The molecular formula is C22H40N6O. The lowest BCUT2D eigenvalue weighted by molar-refractivity contribution is 0.0367. The van der Waals surface area contributed by atoms with Crippen LogP contribution in [0.25, 0.3) is 0 Å². The van der Waals surface area contributed by atoms with Crippen LogP contribution in [0, 0.1) is 0 Å². The van der Waals surface area contributed by atoms with E-state index in [0.717, 1.165) is 24.6 Å². The normalized spacial score (nSPS) is 22.8. The molecule has 1 aliphatic heterocycles. The number of rotatable bonds is 7. The van der Waals surface area contributed by atoms with Crippen molar-refractivity contribution in [3.8, 4) is 0 Å². The van der Waals surface area contributed by atoms with Crippen molar-refractivity contribution < 1.29 is 5.11 Å². The van der Waals surface area contributed by atoms with Gasteiger partial charge in [-0.2, -0.15) is 5.10 Å². The predicted molar refractivity (Wildman–Crippen MR) is 118 cm³/mol. The summed E-state index contributed by atoms with van der Waals surface area (Å²) in [6, 6.07) is 0. The van der Waals surface area contributed by atoms with E-state index < -0.39 is 5.60 Å². The zero-order chi connectivity index (χ0) is 20.7. The summed E-state index contributed by atoms with van der Waals surface area (Å²) < 4.78 is 1.71. The molecule has 1 unspecified atom stereocenters. The fourth-order valence-corrected chi connectivity index (χ4v) is 4.80. The van der Waals surface area contributed by atoms with Gasteiger partial charge < -0.3 is 15.7 Å². The molecule has 1 atom stereocenters. The van der Waals surface area contributed by atoms with E-state index in [1.807, 2.05) is 13.2 Å². The topological polar surface area (TPSA) is 77.7 Å². The molecule has 3 N–H and O–H groups in total. The summed E-state index contributed by atoms with van der Waals surface area (Å²) in [5, 5.41) is 22.0. The lowest BCUT2D eigenvalue weighted by atomic mass is 9.79. The molecule has 2 fully saturated rings. The molecule has 7 nitrogen and oxygen atoms in total. The second-order valence-electron chi connectivity index (χ2n) is 9.06. The zero-order valence-electron chi connectivity index (χ0n) is 18.6. The van der Waals surface area contributed by atoms with Gasteiger partial charge in [-0.1, -0.05) is 25.7 Å². The molecule has 3 rings (SSSR count). The average molecular weight is 405 g/mol. The molecule has 0 bridgehead atoms. The third kappa shape index (κ3) is 5.72. The lowest BCUT2D eigenvalue weighted by Gasteiger charge is -2.48. The van der Waals surface area contributed by atoms with Gasteiger partial charge in [-0.25, -0.2) is 4.99 Å². The molecule has 2 heterocycles. The fourth-order valence-electron chi connectivity index (χ4n) is 4.80. The van der Waals surface area contributed by atoms with Crippen molar-refractivity contribution in [1.82, 2.24) is 25.3 Å². The first-order valence-corrected chi connectivity index (χ1v) is 11.4. The SMILES string of the molecule is CCNC(=NCC(C)(O)c1cnn(C)c1)NCC1(N2CCCCC2)CCCCC1. The highest BCUT2D eigenvalue weighted by molar-refractivity contribution is 5.79. The van der Waals surface area contributed by atoms with Crippen LogP contribution >= 0.6 is 0 Å². The maximum Gasteiger partial charge on any atom is 0.191 e. The van der Waals surface area contributed by atoms with E-state index in [1.165, 1.54) is 64.5 Å². The van der Waals surface area contributed by atoms with Crippen LogP contribution in [0.5, 0.6) is 0 Å². The van der Waals surface area contributed by atoms with E-state index in [4.69, 9.17) is 4.99 Å². The van der Waals surface area contributed by atoms with Crippen molar-refractivity contribution in [3.05, 3.63) is 18.0 Å². The summed E-state index contributed by atoms with van der Waals surface area (Å²) in [5.74, 6) is 0.790. The number of piperidine rings is 1. The Hall–Kier alpha value is -1.60. The van der Waals surface area contributed by atoms with Gasteiger partial charge in [0.05, 0.1) is 12.7 Å². The lowest BCUT2D eigenvalue weighted by Crippen LogP contribution is -2.59. The van der Waals surface area contributed by atoms with Crippen LogP contribution in [0.4, 0.5) is 0 Å². The van der Waals surface area contributed by atoms with Crippen LogP contribution in [-0.4, -0.2) is 64.0 Å². The number of guanidine groups is 1. The Kier molecular flexibility index (Phi) is 7.57. The van der Waals surface area contributed by atoms with E-state index in [9.17, 15) is 5.11 Å². The van der Waals surface area contributed by atoms with Gasteiger partial charge in [0.15, 0.2) is 5.96 Å². The van der Waals surface area contributed by atoms with Gasteiger partial charge in [0.1, 0.15) is 5.60 Å². The van der Waals surface area contributed by atoms with Crippen LogP contribution in [0.3, 0.4) is 0 Å². The molecule has 2 aliphatic rings. The summed E-state index contributed by atoms with van der Waals surface area (Å²) in [6.45, 7) is 8.36. The Morgan fingerprint density at radius 3 is 2.48 bits per heavy atom. The first kappa shape index (κ1) is 22.1. The van der Waals surface area contributed by atoms with E-state index in [-0.39, 0.29) is 5.54 Å². The highest BCUT2D eigenvalue weighted by atomic mass is 16.3. The maximum absolute atomic E-state index is 10.9. The largest absolute Gasteiger partial charge is 0.383 e. The highest BCUT2D eigenvalue weighted by Crippen LogP contribution is 2.35. The monoisotopic (exact) mass is 404 g/mol. The van der Waals surface area contributed by atoms with Crippen molar-refractivity contribution in [2.45, 2.75) is 76.4 Å². The van der Waals surface area contributed by atoms with Crippen LogP contribution in [0.15, 0.2) is 17.4 Å². The molecule has 7 heteroatoms. The zero-order valence-corrected chi connectivity index (χ0v) is 18.6. The van der Waals surface area contributed by atoms with Gasteiger partial charge in [-0.15, -0.1) is 0 Å². The predicted octanol–water partition coefficient (Wildman–Crippen LogP) is 2.37. The Morgan fingerprint density at radius 1 is 1.17 bits per heavy atom. The van der Waals surface area contributed by atoms with Gasteiger partial charge in [-0.05, 0) is 52.6 Å². The second-order valence-corrected chi connectivity index (χ2v) is 9.06. The van der Waals surface area contributed by atoms with Gasteiger partial charge in [0, 0.05) is 37.4 Å². The number of aryl methyl sites for hydroxylation is 1. The molecule has 0 aromatic carbocycles. The minimum absolute atomic E-state index is 0.251. The Balaban J connectivity index is 1.67. The second kappa shape index (κ2) is 9.94. The molecule has 0 spiro atoms. The first-order valence-electron chi connectivity index (χ1n) is 11.4. The molecular weight excluding hydrogens is 364 g/mol. The molecule has 0 amide bonds. The summed E-state index contributed by atoms with van der Waals surface area (Å²) in [4.78, 5) is 7.47. The van der Waals surface area contributed by atoms with E-state index in [2.05, 4.69) is 27.6 Å². The van der Waals surface area contributed by atoms with Gasteiger partial charge in [0.2, 0.25) is 0 Å². The smallest absolute Gasteiger partial charge is 0.191 e. The minimum Gasteiger partial charge on any atom is -0.383 e. The molecule has 1 aromatic heterocycles. The van der Waals surface area contributed by atoms with Crippen LogP contribution in [0.1, 0.15) is 70.8 Å². The summed E-state index contributed by atoms with van der Waals surface area (Å²) >= 11 is 0. The number of aromatic nitrogens is 2.